The normalized spacial score (nSPS) is 12.9. The van der Waals surface area contributed by atoms with E-state index in [1.54, 1.807) is 12.1 Å². The van der Waals surface area contributed by atoms with Gasteiger partial charge >= 0.3 is 0 Å². The Kier molecular flexibility index (Phi) is 5.62. The molecule has 1 atom stereocenters. The molecule has 0 bridgehead atoms. The van der Waals surface area contributed by atoms with Gasteiger partial charge in [0.05, 0.1) is 6.61 Å². The molecule has 0 aliphatic rings. The molecule has 0 N–H and O–H groups in total. The van der Waals surface area contributed by atoms with E-state index < -0.39 is 0 Å². The lowest BCUT2D eigenvalue weighted by Crippen LogP contribution is -2.19. The summed E-state index contributed by atoms with van der Waals surface area (Å²) in [6, 6.07) is 4.80. The van der Waals surface area contributed by atoms with Gasteiger partial charge in [0.2, 0.25) is 0 Å². The molecule has 0 amide bonds. The summed E-state index contributed by atoms with van der Waals surface area (Å²) in [7, 11) is 0. The lowest BCUT2D eigenvalue weighted by molar-refractivity contribution is 0.219. The second-order valence-electron chi connectivity index (χ2n) is 4.07. The lowest BCUT2D eigenvalue weighted by Gasteiger charge is -2.19. The highest BCUT2D eigenvalue weighted by molar-refractivity contribution is 9.10. The lowest BCUT2D eigenvalue weighted by atomic mass is 9.99. The van der Waals surface area contributed by atoms with Crippen molar-refractivity contribution in [3.63, 3.8) is 0 Å². The van der Waals surface area contributed by atoms with E-state index in [1.165, 1.54) is 6.07 Å². The van der Waals surface area contributed by atoms with E-state index in [4.69, 9.17) is 4.74 Å². The predicted molar refractivity (Wildman–Crippen MR) is 71.8 cm³/mol. The van der Waals surface area contributed by atoms with Crippen molar-refractivity contribution in [3.8, 4) is 5.75 Å². The highest BCUT2D eigenvalue weighted by Gasteiger charge is 2.13. The summed E-state index contributed by atoms with van der Waals surface area (Å²) in [6.45, 7) is 4.73. The molecule has 1 nitrogen and oxygen atoms in total. The second kappa shape index (κ2) is 6.50. The molecule has 0 saturated carbocycles. The molecular weight excluding hydrogens is 291 g/mol. The maximum atomic E-state index is 13.4. The van der Waals surface area contributed by atoms with E-state index in [0.717, 1.165) is 5.75 Å². The molecule has 0 heterocycles. The van der Waals surface area contributed by atoms with Crippen molar-refractivity contribution in [1.29, 1.82) is 0 Å². The quantitative estimate of drug-likeness (QED) is 0.803. The molecular formula is C12H16BrFOS. The molecule has 1 unspecified atom stereocenters. The van der Waals surface area contributed by atoms with Gasteiger partial charge in [0, 0.05) is 10.4 Å². The number of hydrogen-bond donors (Lipinski definition) is 1. The molecule has 0 saturated heterocycles. The molecule has 0 aromatic heterocycles. The molecule has 0 aliphatic heterocycles. The summed E-state index contributed by atoms with van der Waals surface area (Å²) < 4.78 is 19.6. The van der Waals surface area contributed by atoms with Gasteiger partial charge in [0.15, 0.2) is 11.6 Å². The van der Waals surface area contributed by atoms with Crippen LogP contribution in [0.2, 0.25) is 0 Å². The van der Waals surface area contributed by atoms with E-state index in [-0.39, 0.29) is 5.82 Å². The van der Waals surface area contributed by atoms with Crippen molar-refractivity contribution < 1.29 is 9.13 Å². The first-order valence-corrected chi connectivity index (χ1v) is 6.66. The van der Waals surface area contributed by atoms with Gasteiger partial charge in [0.25, 0.3) is 0 Å². The van der Waals surface area contributed by atoms with Gasteiger partial charge in [-0.05, 0) is 29.9 Å². The predicted octanol–water partition coefficient (Wildman–Crippen LogP) is 4.17. The molecule has 0 spiro atoms. The van der Waals surface area contributed by atoms with Crippen LogP contribution in [-0.4, -0.2) is 12.4 Å². The third-order valence-corrected chi connectivity index (χ3v) is 3.49. The number of benzene rings is 1. The van der Waals surface area contributed by atoms with Crippen LogP contribution in [0.1, 0.15) is 13.8 Å². The first-order chi connectivity index (χ1) is 7.54. The minimum Gasteiger partial charge on any atom is -0.490 e. The molecule has 1 aromatic carbocycles. The van der Waals surface area contributed by atoms with Crippen LogP contribution >= 0.6 is 28.6 Å². The van der Waals surface area contributed by atoms with Crippen LogP contribution in [0.5, 0.6) is 5.75 Å². The zero-order valence-corrected chi connectivity index (χ0v) is 11.9. The van der Waals surface area contributed by atoms with Crippen LogP contribution in [0.4, 0.5) is 4.39 Å². The highest BCUT2D eigenvalue weighted by atomic mass is 79.9. The highest BCUT2D eigenvalue weighted by Crippen LogP contribution is 2.23. The van der Waals surface area contributed by atoms with Gasteiger partial charge in [-0.15, -0.1) is 0 Å². The fourth-order valence-electron chi connectivity index (χ4n) is 1.25. The van der Waals surface area contributed by atoms with E-state index in [2.05, 4.69) is 42.4 Å². The Morgan fingerprint density at radius 3 is 2.62 bits per heavy atom. The molecule has 0 aliphatic carbocycles. The van der Waals surface area contributed by atoms with Gasteiger partial charge < -0.3 is 4.74 Å². The molecule has 1 rings (SSSR count). The van der Waals surface area contributed by atoms with Crippen molar-refractivity contribution >= 4 is 28.6 Å². The van der Waals surface area contributed by atoms with Crippen LogP contribution in [-0.2, 0) is 0 Å². The van der Waals surface area contributed by atoms with Crippen LogP contribution in [0.25, 0.3) is 0 Å². The number of thiol groups is 1. The van der Waals surface area contributed by atoms with Crippen molar-refractivity contribution in [2.24, 2.45) is 11.8 Å². The Bertz CT molecular complexity index is 344. The number of halogens is 2. The fourth-order valence-corrected chi connectivity index (χ4v) is 2.11. The third kappa shape index (κ3) is 3.98. The van der Waals surface area contributed by atoms with Crippen molar-refractivity contribution in [1.82, 2.24) is 0 Å². The van der Waals surface area contributed by atoms with E-state index in [9.17, 15) is 4.39 Å². The maximum absolute atomic E-state index is 13.4. The summed E-state index contributed by atoms with van der Waals surface area (Å²) in [5.74, 6) is 1.53. The molecule has 4 heteroatoms. The van der Waals surface area contributed by atoms with Gasteiger partial charge in [-0.3, -0.25) is 0 Å². The molecule has 0 fully saturated rings. The van der Waals surface area contributed by atoms with Crippen LogP contribution in [0.3, 0.4) is 0 Å². The van der Waals surface area contributed by atoms with Gasteiger partial charge in [-0.1, -0.05) is 29.8 Å². The van der Waals surface area contributed by atoms with Crippen LogP contribution in [0, 0.1) is 17.7 Å². The fraction of sp³-hybridized carbons (Fsp3) is 0.500. The number of ether oxygens (including phenoxy) is 1. The summed E-state index contributed by atoms with van der Waals surface area (Å²) in [4.78, 5) is 0. The first-order valence-electron chi connectivity index (χ1n) is 5.23. The topological polar surface area (TPSA) is 9.23 Å². The Labute approximate surface area is 110 Å². The number of hydrogen-bond acceptors (Lipinski definition) is 2. The minimum atomic E-state index is -0.337. The number of rotatable bonds is 5. The molecule has 0 radical (unpaired) electrons. The Morgan fingerprint density at radius 2 is 2.12 bits per heavy atom. The smallest absolute Gasteiger partial charge is 0.166 e. The zero-order chi connectivity index (χ0) is 12.1. The minimum absolute atomic E-state index is 0.302. The Morgan fingerprint density at radius 1 is 1.44 bits per heavy atom. The summed E-state index contributed by atoms with van der Waals surface area (Å²) in [5.41, 5.74) is 0. The zero-order valence-electron chi connectivity index (χ0n) is 9.41. The van der Waals surface area contributed by atoms with E-state index >= 15 is 0 Å². The summed E-state index contributed by atoms with van der Waals surface area (Å²) >= 11 is 7.47. The van der Waals surface area contributed by atoms with Gasteiger partial charge in [-0.2, -0.15) is 12.6 Å². The summed E-state index contributed by atoms with van der Waals surface area (Å²) in [5, 5.41) is 0. The van der Waals surface area contributed by atoms with Crippen LogP contribution < -0.4 is 4.74 Å². The van der Waals surface area contributed by atoms with Gasteiger partial charge in [-0.25, -0.2) is 4.39 Å². The molecule has 1 aromatic rings. The van der Waals surface area contributed by atoms with Crippen molar-refractivity contribution in [2.75, 3.05) is 12.4 Å². The molecule has 16 heavy (non-hydrogen) atoms. The first kappa shape index (κ1) is 13.8. The monoisotopic (exact) mass is 306 g/mol. The largest absolute Gasteiger partial charge is 0.490 e. The Balaban J connectivity index is 2.60. The van der Waals surface area contributed by atoms with E-state index in [0.29, 0.717) is 28.7 Å². The van der Waals surface area contributed by atoms with Crippen molar-refractivity contribution in [3.05, 3.63) is 28.5 Å². The van der Waals surface area contributed by atoms with E-state index in [1.807, 2.05) is 0 Å². The maximum Gasteiger partial charge on any atom is 0.166 e. The van der Waals surface area contributed by atoms with Gasteiger partial charge in [0.1, 0.15) is 0 Å². The molecule has 90 valence electrons. The summed E-state index contributed by atoms with van der Waals surface area (Å²) in [6.07, 6.45) is 0. The Hall–Kier alpha value is -0.220. The SMILES string of the molecule is CC(C)C(CS)COc1ccc(Br)cc1F. The van der Waals surface area contributed by atoms with Crippen molar-refractivity contribution in [2.45, 2.75) is 13.8 Å². The third-order valence-electron chi connectivity index (χ3n) is 2.52. The van der Waals surface area contributed by atoms with Crippen LogP contribution in [0.15, 0.2) is 22.7 Å². The standard InChI is InChI=1S/C12H16BrFOS/c1-8(2)9(7-16)6-15-12-4-3-10(13)5-11(12)14/h3-5,8-9,16H,6-7H2,1-2H3. The average Bonchev–Trinajstić information content (AvgIpc) is 2.21. The average molecular weight is 307 g/mol. The second-order valence-corrected chi connectivity index (χ2v) is 5.35.